The highest BCUT2D eigenvalue weighted by Gasteiger charge is 2.27. The second-order valence-electron chi connectivity index (χ2n) is 3.86. The molecule has 1 rings (SSSR count). The molecule has 0 aliphatic carbocycles. The molecule has 3 nitrogen and oxygen atoms in total. The van der Waals surface area contributed by atoms with Gasteiger partial charge in [-0.15, -0.1) is 0 Å². The number of rotatable bonds is 3. The number of nitrogens with one attached hydrogen (secondary N) is 1. The van der Waals surface area contributed by atoms with Gasteiger partial charge in [0.25, 0.3) is 0 Å². The number of benzene rings is 1. The Morgan fingerprint density at radius 1 is 1.35 bits per heavy atom. The molecule has 0 saturated carbocycles. The van der Waals surface area contributed by atoms with E-state index in [4.69, 9.17) is 5.73 Å². The minimum absolute atomic E-state index is 0.0177. The second kappa shape index (κ2) is 6.91. The molecule has 0 aliphatic rings. The molecule has 0 aromatic heterocycles. The fourth-order valence-electron chi connectivity index (χ4n) is 1.32. The zero-order valence-electron chi connectivity index (χ0n) is 10.4. The Labute approximate surface area is 113 Å². The predicted octanol–water partition coefficient (Wildman–Crippen LogP) is 2.42. The predicted molar refractivity (Wildman–Crippen MR) is 66.3 cm³/mol. The van der Waals surface area contributed by atoms with E-state index in [2.05, 4.69) is 17.2 Å². The molecule has 1 amide bonds. The Morgan fingerprint density at radius 3 is 2.65 bits per heavy atom. The molecule has 0 spiro atoms. The summed E-state index contributed by atoms with van der Waals surface area (Å²) in [4.78, 5) is 11.3. The molecule has 7 heteroatoms. The van der Waals surface area contributed by atoms with Crippen molar-refractivity contribution in [1.29, 1.82) is 0 Å². The summed E-state index contributed by atoms with van der Waals surface area (Å²) in [6, 6.07) is 3.55. The maximum absolute atomic E-state index is 13.3. The second-order valence-corrected chi connectivity index (χ2v) is 3.86. The summed E-state index contributed by atoms with van der Waals surface area (Å²) in [7, 11) is 0. The van der Waals surface area contributed by atoms with Crippen molar-refractivity contribution in [2.45, 2.75) is 19.0 Å². The van der Waals surface area contributed by atoms with Crippen molar-refractivity contribution in [3.63, 3.8) is 0 Å². The first-order chi connectivity index (χ1) is 9.31. The summed E-state index contributed by atoms with van der Waals surface area (Å²) in [6.45, 7) is 0.0433. The topological polar surface area (TPSA) is 55.1 Å². The van der Waals surface area contributed by atoms with Gasteiger partial charge in [0.1, 0.15) is 5.82 Å². The molecular weight excluding hydrogens is 276 g/mol. The largest absolute Gasteiger partial charge is 0.389 e. The number of alkyl halides is 3. The number of hydrogen-bond acceptors (Lipinski definition) is 2. The molecule has 0 fully saturated rings. The van der Waals surface area contributed by atoms with Gasteiger partial charge >= 0.3 is 6.18 Å². The van der Waals surface area contributed by atoms with Gasteiger partial charge < -0.3 is 11.1 Å². The fraction of sp³-hybridized carbons (Fsp3) is 0.308. The lowest BCUT2D eigenvalue weighted by Crippen LogP contribution is -2.16. The van der Waals surface area contributed by atoms with Crippen LogP contribution in [0.25, 0.3) is 0 Å². The summed E-state index contributed by atoms with van der Waals surface area (Å²) in [5.41, 5.74) is 5.35. The van der Waals surface area contributed by atoms with Crippen LogP contribution in [0.5, 0.6) is 0 Å². The summed E-state index contributed by atoms with van der Waals surface area (Å²) < 4.78 is 49.2. The number of carbonyl (C=O) groups is 1. The van der Waals surface area contributed by atoms with Gasteiger partial charge in [-0.05, 0) is 18.2 Å². The highest BCUT2D eigenvalue weighted by Crippen LogP contribution is 2.22. The van der Waals surface area contributed by atoms with E-state index in [0.29, 0.717) is 0 Å². The standard InChI is InChI=1S/C13H12F4N2O/c14-11-4-3-10(8-9(11)2-1-7-18)19-12(20)5-6-13(15,16)17/h3-4,8H,5-7,18H2,(H,19,20). The lowest BCUT2D eigenvalue weighted by atomic mass is 10.2. The molecule has 20 heavy (non-hydrogen) atoms. The minimum atomic E-state index is -4.39. The Hall–Kier alpha value is -2.07. The van der Waals surface area contributed by atoms with E-state index in [1.807, 2.05) is 0 Å². The smallest absolute Gasteiger partial charge is 0.326 e. The maximum atomic E-state index is 13.3. The van der Waals surface area contributed by atoms with E-state index < -0.39 is 30.7 Å². The first-order valence-corrected chi connectivity index (χ1v) is 5.67. The van der Waals surface area contributed by atoms with Crippen molar-refractivity contribution in [2.75, 3.05) is 11.9 Å². The van der Waals surface area contributed by atoms with Crippen LogP contribution in [0, 0.1) is 17.7 Å². The normalized spacial score (nSPS) is 10.7. The van der Waals surface area contributed by atoms with E-state index in [1.165, 1.54) is 12.1 Å². The molecule has 0 aliphatic heterocycles. The highest BCUT2D eigenvalue weighted by molar-refractivity contribution is 5.90. The van der Waals surface area contributed by atoms with Gasteiger partial charge in [0.15, 0.2) is 0 Å². The quantitative estimate of drug-likeness (QED) is 0.663. The molecular formula is C13H12F4N2O. The number of nitrogens with two attached hydrogens (primary N) is 1. The molecule has 0 unspecified atom stereocenters. The molecule has 0 bridgehead atoms. The van der Waals surface area contributed by atoms with Crippen LogP contribution in [0.3, 0.4) is 0 Å². The first-order valence-electron chi connectivity index (χ1n) is 5.67. The van der Waals surface area contributed by atoms with Gasteiger partial charge in [-0.3, -0.25) is 4.79 Å². The maximum Gasteiger partial charge on any atom is 0.389 e. The first kappa shape index (κ1) is 16.0. The Kier molecular flexibility index (Phi) is 5.53. The lowest BCUT2D eigenvalue weighted by molar-refractivity contribution is -0.142. The third-order valence-corrected chi connectivity index (χ3v) is 2.21. The van der Waals surface area contributed by atoms with Crippen molar-refractivity contribution >= 4 is 11.6 Å². The van der Waals surface area contributed by atoms with Gasteiger partial charge in [0, 0.05) is 12.1 Å². The zero-order valence-corrected chi connectivity index (χ0v) is 10.4. The van der Waals surface area contributed by atoms with Crippen molar-refractivity contribution in [3.8, 4) is 11.8 Å². The number of carbonyl (C=O) groups excluding carboxylic acids is 1. The third-order valence-electron chi connectivity index (χ3n) is 2.21. The van der Waals surface area contributed by atoms with Crippen LogP contribution in [-0.4, -0.2) is 18.6 Å². The minimum Gasteiger partial charge on any atom is -0.326 e. The number of halogens is 4. The summed E-state index contributed by atoms with van der Waals surface area (Å²) >= 11 is 0. The van der Waals surface area contributed by atoms with E-state index in [0.717, 1.165) is 6.07 Å². The van der Waals surface area contributed by atoms with E-state index >= 15 is 0 Å². The van der Waals surface area contributed by atoms with Crippen molar-refractivity contribution in [2.24, 2.45) is 5.73 Å². The number of amides is 1. The van der Waals surface area contributed by atoms with E-state index in [1.54, 1.807) is 0 Å². The molecule has 108 valence electrons. The number of hydrogen-bond donors (Lipinski definition) is 2. The van der Waals surface area contributed by atoms with Crippen LogP contribution in [0.4, 0.5) is 23.2 Å². The molecule has 1 aromatic rings. The molecule has 0 radical (unpaired) electrons. The summed E-state index contributed by atoms with van der Waals surface area (Å²) in [5.74, 6) is 3.51. The molecule has 0 saturated heterocycles. The molecule has 0 atom stereocenters. The van der Waals surface area contributed by atoms with Gasteiger partial charge in [-0.1, -0.05) is 11.8 Å². The summed E-state index contributed by atoms with van der Waals surface area (Å²) in [6.07, 6.45) is -6.29. The zero-order chi connectivity index (χ0) is 15.2. The van der Waals surface area contributed by atoms with Gasteiger partial charge in [0.05, 0.1) is 18.5 Å². The SMILES string of the molecule is NCC#Cc1cc(NC(=O)CCC(F)(F)F)ccc1F. The fourth-order valence-corrected chi connectivity index (χ4v) is 1.32. The number of anilines is 1. The van der Waals surface area contributed by atoms with Gasteiger partial charge in [0.2, 0.25) is 5.91 Å². The van der Waals surface area contributed by atoms with Crippen LogP contribution in [0.15, 0.2) is 18.2 Å². The Morgan fingerprint density at radius 2 is 2.05 bits per heavy atom. The lowest BCUT2D eigenvalue weighted by Gasteiger charge is -2.08. The van der Waals surface area contributed by atoms with Crippen molar-refractivity contribution < 1.29 is 22.4 Å². The molecule has 0 heterocycles. The third kappa shape index (κ3) is 5.71. The monoisotopic (exact) mass is 288 g/mol. The van der Waals surface area contributed by atoms with Crippen LogP contribution in [0.2, 0.25) is 0 Å². The molecule has 3 N–H and O–H groups in total. The van der Waals surface area contributed by atoms with Crippen molar-refractivity contribution in [1.82, 2.24) is 0 Å². The average molecular weight is 288 g/mol. The Bertz CT molecular complexity index is 544. The summed E-state index contributed by atoms with van der Waals surface area (Å²) in [5, 5.41) is 2.25. The van der Waals surface area contributed by atoms with Crippen LogP contribution in [0.1, 0.15) is 18.4 Å². The highest BCUT2D eigenvalue weighted by atomic mass is 19.4. The van der Waals surface area contributed by atoms with Crippen molar-refractivity contribution in [3.05, 3.63) is 29.6 Å². The van der Waals surface area contributed by atoms with E-state index in [-0.39, 0.29) is 17.8 Å². The van der Waals surface area contributed by atoms with Crippen LogP contribution < -0.4 is 11.1 Å². The average Bonchev–Trinajstić information content (AvgIpc) is 2.36. The van der Waals surface area contributed by atoms with Gasteiger partial charge in [-0.25, -0.2) is 4.39 Å². The molecule has 1 aromatic carbocycles. The van der Waals surface area contributed by atoms with E-state index in [9.17, 15) is 22.4 Å². The van der Waals surface area contributed by atoms with Crippen LogP contribution >= 0.6 is 0 Å². The Balaban J connectivity index is 2.71. The van der Waals surface area contributed by atoms with Gasteiger partial charge in [-0.2, -0.15) is 13.2 Å². The van der Waals surface area contributed by atoms with Crippen LogP contribution in [-0.2, 0) is 4.79 Å².